The molecule has 4 amide bonds. The molecule has 17 heteroatoms. The van der Waals surface area contributed by atoms with E-state index in [4.69, 9.17) is 14.2 Å². The minimum Gasteiger partial charge on any atom is -0.446 e. The summed E-state index contributed by atoms with van der Waals surface area (Å²) in [7, 11) is 1.77. The van der Waals surface area contributed by atoms with Crippen LogP contribution in [0.3, 0.4) is 0 Å². The predicted octanol–water partition coefficient (Wildman–Crippen LogP) is 13.3. The average molecular weight is 1020 g/mol. The fraction of sp³-hybridized carbons (Fsp3) is 0.448. The summed E-state index contributed by atoms with van der Waals surface area (Å²) in [6.07, 6.45) is 3.84. The highest BCUT2D eigenvalue weighted by Crippen LogP contribution is 2.69. The Morgan fingerprint density at radius 3 is 1.89 bits per heavy atom. The molecule has 17 nitrogen and oxygen atoms in total. The number of carbonyl (C=O) groups is 4. The number of nitrogens with zero attached hydrogens (tertiary/aromatic N) is 3. The van der Waals surface area contributed by atoms with Crippen LogP contribution in [0.1, 0.15) is 85.0 Å². The maximum Gasteiger partial charge on any atom is 0.411 e. The molecule has 0 aromatic heterocycles. The molecule has 0 aliphatic heterocycles. The summed E-state index contributed by atoms with van der Waals surface area (Å²) >= 11 is 0. The van der Waals surface area contributed by atoms with E-state index in [0.29, 0.717) is 62.9 Å². The van der Waals surface area contributed by atoms with Gasteiger partial charge in [0, 0.05) is 54.9 Å². The Kier molecular flexibility index (Phi) is 15.2. The number of benzene rings is 5. The number of carbonyl (C=O) groups excluding carboxylic acids is 4. The van der Waals surface area contributed by atoms with Gasteiger partial charge in [0.2, 0.25) is 5.91 Å². The SMILES string of the molecule is C=CCN(C)C(=O)CCC[C@@H](C)[C@H]1CC[C@H]2[C@@H]3[C@H](OC(=O)Nc4cc([N+](=O)[O-])cc([N+](=O)[O-])c4)C[C@@H]4C[C@H](OC(=O)Nc5ccc6ccccc6c5)CC[C@]4(C)[C@H]3C[C@H](OC(=O)Nc3ccc4ccccc4c3)[C@]12C. The number of non-ortho nitro benzene ring substituents is 2. The van der Waals surface area contributed by atoms with E-state index in [0.717, 1.165) is 59.0 Å². The minimum absolute atomic E-state index is 0.0401. The third-order valence-electron chi connectivity index (χ3n) is 17.7. The van der Waals surface area contributed by atoms with Crippen LogP contribution >= 0.6 is 0 Å². The number of hydrogen-bond donors (Lipinski definition) is 3. The van der Waals surface area contributed by atoms with Crippen molar-refractivity contribution in [3.8, 4) is 0 Å². The summed E-state index contributed by atoms with van der Waals surface area (Å²) < 4.78 is 19.5. The lowest BCUT2D eigenvalue weighted by atomic mass is 9.43. The number of anilines is 3. The minimum atomic E-state index is -0.917. The first-order valence-electron chi connectivity index (χ1n) is 26.1. The first-order valence-corrected chi connectivity index (χ1v) is 26.1. The van der Waals surface area contributed by atoms with Crippen molar-refractivity contribution in [2.75, 3.05) is 29.5 Å². The maximum absolute atomic E-state index is 14.4. The number of nitro benzene ring substituents is 2. The number of nitro groups is 2. The molecular weight excluding hydrogens is 957 g/mol. The van der Waals surface area contributed by atoms with Gasteiger partial charge in [-0.2, -0.15) is 0 Å². The van der Waals surface area contributed by atoms with Gasteiger partial charge in [-0.15, -0.1) is 6.58 Å². The van der Waals surface area contributed by atoms with Gasteiger partial charge in [-0.05, 0) is 139 Å². The Hall–Kier alpha value is -7.56. The zero-order chi connectivity index (χ0) is 53.2. The van der Waals surface area contributed by atoms with E-state index in [-0.39, 0.29) is 52.5 Å². The molecule has 0 radical (unpaired) electrons. The van der Waals surface area contributed by atoms with Gasteiger partial charge in [-0.1, -0.05) is 87.5 Å². The molecule has 5 aromatic rings. The van der Waals surface area contributed by atoms with Crippen LogP contribution in [0.5, 0.6) is 0 Å². The van der Waals surface area contributed by atoms with Gasteiger partial charge in [0.1, 0.15) is 18.3 Å². The standard InChI is InChI=1S/C58H66N6O11/c1-6-26-62(5)52(65)17-11-12-35(2)47-22-23-48-53-49(34-51(58(47,48)4)75-56(68)60-42-21-19-37-14-8-10-16-39(37)28-42)57(3)25-24-46(73-54(66)59-41-20-18-36-13-7-9-15-38(36)27-41)29-40(57)30-50(53)74-55(67)61-43-31-44(63(69)70)33-45(32-43)64(71)72/h6-10,13-16,18-21,27-28,31-33,35,40,46-51,53H,1,11-12,17,22-26,29-30,34H2,2-5H3,(H,59,66)(H,60,68)(H,61,67)/t35-,40+,46-,47-,48+,49+,50-,51+,53+,57+,58-/m1/s1. The van der Waals surface area contributed by atoms with Crippen molar-refractivity contribution >= 4 is 74.2 Å². The fourth-order valence-corrected chi connectivity index (χ4v) is 14.0. The molecule has 4 saturated carbocycles. The van der Waals surface area contributed by atoms with Crippen LogP contribution in [-0.2, 0) is 19.0 Å². The number of ether oxygens (including phenoxy) is 3. The highest BCUT2D eigenvalue weighted by Gasteiger charge is 2.68. The molecule has 75 heavy (non-hydrogen) atoms. The van der Waals surface area contributed by atoms with Gasteiger partial charge in [0.05, 0.1) is 21.6 Å². The van der Waals surface area contributed by atoms with E-state index in [2.05, 4.69) is 43.3 Å². The molecule has 3 N–H and O–H groups in total. The van der Waals surface area contributed by atoms with E-state index in [1.807, 2.05) is 84.9 Å². The molecule has 4 fully saturated rings. The molecule has 0 heterocycles. The highest BCUT2D eigenvalue weighted by molar-refractivity contribution is 5.92. The number of hydrogen-bond acceptors (Lipinski definition) is 11. The Morgan fingerprint density at radius 2 is 1.29 bits per heavy atom. The number of rotatable bonds is 15. The second kappa shape index (κ2) is 21.7. The lowest BCUT2D eigenvalue weighted by molar-refractivity contribution is -0.394. The first kappa shape index (κ1) is 52.3. The normalized spacial score (nSPS) is 27.0. The summed E-state index contributed by atoms with van der Waals surface area (Å²) in [5.41, 5.74) is -1.09. The average Bonchev–Trinajstić information content (AvgIpc) is 3.79. The summed E-state index contributed by atoms with van der Waals surface area (Å²) in [6.45, 7) is 10.9. The Labute approximate surface area is 436 Å². The summed E-state index contributed by atoms with van der Waals surface area (Å²) in [5, 5.41) is 36.2. The van der Waals surface area contributed by atoms with Gasteiger partial charge in [-0.25, -0.2) is 14.4 Å². The van der Waals surface area contributed by atoms with Crippen LogP contribution in [0.2, 0.25) is 0 Å². The van der Waals surface area contributed by atoms with Crippen molar-refractivity contribution in [1.82, 2.24) is 4.90 Å². The Morgan fingerprint density at radius 1 is 0.720 bits per heavy atom. The lowest BCUT2D eigenvalue weighted by Crippen LogP contribution is -2.63. The number of nitrogens with one attached hydrogen (secondary N) is 3. The third-order valence-corrected chi connectivity index (χ3v) is 17.7. The molecule has 0 bridgehead atoms. The quantitative estimate of drug-likeness (QED) is 0.0387. The van der Waals surface area contributed by atoms with Crippen molar-refractivity contribution in [2.45, 2.75) is 103 Å². The molecule has 4 aliphatic rings. The molecule has 0 saturated heterocycles. The van der Waals surface area contributed by atoms with Crippen molar-refractivity contribution in [3.63, 3.8) is 0 Å². The first-order chi connectivity index (χ1) is 35.9. The van der Waals surface area contributed by atoms with Gasteiger partial charge in [-0.3, -0.25) is 41.0 Å². The number of amides is 4. The van der Waals surface area contributed by atoms with Crippen molar-refractivity contribution < 1.29 is 43.2 Å². The van der Waals surface area contributed by atoms with Crippen molar-refractivity contribution in [1.29, 1.82) is 0 Å². The molecule has 0 spiro atoms. The molecule has 4 aliphatic carbocycles. The fourth-order valence-electron chi connectivity index (χ4n) is 14.0. The molecule has 9 rings (SSSR count). The van der Waals surface area contributed by atoms with Crippen molar-refractivity contribution in [3.05, 3.63) is 136 Å². The summed E-state index contributed by atoms with van der Waals surface area (Å²) in [4.78, 5) is 79.0. The summed E-state index contributed by atoms with van der Waals surface area (Å²) in [5.74, 6) is -0.410. The zero-order valence-corrected chi connectivity index (χ0v) is 42.9. The molecular formula is C58H66N6O11. The van der Waals surface area contributed by atoms with Crippen LogP contribution in [0.25, 0.3) is 21.5 Å². The topological polar surface area (TPSA) is 222 Å². The van der Waals surface area contributed by atoms with Crippen LogP contribution < -0.4 is 16.0 Å². The van der Waals surface area contributed by atoms with E-state index in [1.165, 1.54) is 0 Å². The Bertz CT molecular complexity index is 2990. The number of fused-ring (bicyclic) bond motifs is 7. The maximum atomic E-state index is 14.4. The third kappa shape index (κ3) is 11.0. The second-order valence-corrected chi connectivity index (χ2v) is 21.8. The van der Waals surface area contributed by atoms with E-state index in [1.54, 1.807) is 18.0 Å². The van der Waals surface area contributed by atoms with Gasteiger partial charge in [0.25, 0.3) is 11.4 Å². The lowest BCUT2D eigenvalue weighted by Gasteiger charge is -2.64. The van der Waals surface area contributed by atoms with E-state index >= 15 is 0 Å². The van der Waals surface area contributed by atoms with Crippen molar-refractivity contribution in [2.24, 2.45) is 46.3 Å². The predicted molar refractivity (Wildman–Crippen MR) is 286 cm³/mol. The van der Waals surface area contributed by atoms with Crippen LogP contribution in [-0.4, -0.2) is 70.8 Å². The van der Waals surface area contributed by atoms with Gasteiger partial charge < -0.3 is 19.1 Å². The number of likely N-dealkylation sites (N-methyl/N-ethyl adjacent to an activating group) is 1. The second-order valence-electron chi connectivity index (χ2n) is 21.8. The summed E-state index contributed by atoms with van der Waals surface area (Å²) in [6, 6.07) is 30.1. The highest BCUT2D eigenvalue weighted by atomic mass is 16.6. The van der Waals surface area contributed by atoms with Gasteiger partial charge >= 0.3 is 18.3 Å². The van der Waals surface area contributed by atoms with Crippen LogP contribution in [0, 0.1) is 66.6 Å². The largest absolute Gasteiger partial charge is 0.446 e. The molecule has 394 valence electrons. The Balaban J connectivity index is 1.02. The smallest absolute Gasteiger partial charge is 0.411 e. The van der Waals surface area contributed by atoms with Crippen LogP contribution in [0.4, 0.5) is 42.8 Å². The molecule has 5 aromatic carbocycles. The van der Waals surface area contributed by atoms with E-state index < -0.39 is 63.2 Å². The molecule has 11 atom stereocenters. The van der Waals surface area contributed by atoms with Crippen LogP contribution in [0.15, 0.2) is 116 Å². The van der Waals surface area contributed by atoms with E-state index in [9.17, 15) is 39.4 Å². The zero-order valence-electron chi connectivity index (χ0n) is 42.9. The monoisotopic (exact) mass is 1020 g/mol. The molecule has 0 unspecified atom stereocenters. The van der Waals surface area contributed by atoms with Gasteiger partial charge in [0.15, 0.2) is 0 Å².